The van der Waals surface area contributed by atoms with E-state index < -0.39 is 11.9 Å². The number of carbonyl (C=O) groups excluding carboxylic acids is 1. The lowest BCUT2D eigenvalue weighted by atomic mass is 9.98. The number of nitrogens with zero attached hydrogens (tertiary/aromatic N) is 3. The summed E-state index contributed by atoms with van der Waals surface area (Å²) in [6.07, 6.45) is 0. The van der Waals surface area contributed by atoms with Crippen LogP contribution in [0.1, 0.15) is 39.7 Å². The predicted octanol–water partition coefficient (Wildman–Crippen LogP) is 4.75. The van der Waals surface area contributed by atoms with E-state index >= 15 is 0 Å². The lowest BCUT2D eigenvalue weighted by Crippen LogP contribution is -2.29. The van der Waals surface area contributed by atoms with Crippen LogP contribution in [0.5, 0.6) is 5.75 Å². The maximum absolute atomic E-state index is 13.5. The molecule has 156 valence electrons. The van der Waals surface area contributed by atoms with E-state index in [9.17, 15) is 9.59 Å². The number of hydrogen-bond acceptors (Lipinski definition) is 7. The SMILES string of the molecule is CCOc1ccc(C2c3c(oc4ccc(Cl)cc4c3=O)C(=O)N2c2nnc(C)s2)cc1. The molecule has 1 aliphatic rings. The molecule has 2 aromatic heterocycles. The molecule has 1 amide bonds. The van der Waals surface area contributed by atoms with E-state index in [4.69, 9.17) is 20.8 Å². The molecule has 5 rings (SSSR count). The summed E-state index contributed by atoms with van der Waals surface area (Å²) >= 11 is 7.38. The van der Waals surface area contributed by atoms with Crippen molar-refractivity contribution in [2.75, 3.05) is 11.5 Å². The minimum Gasteiger partial charge on any atom is -0.494 e. The molecule has 4 aromatic rings. The normalized spacial score (nSPS) is 15.5. The van der Waals surface area contributed by atoms with Crippen LogP contribution in [0.15, 0.2) is 51.7 Å². The van der Waals surface area contributed by atoms with Crippen LogP contribution in [-0.4, -0.2) is 22.7 Å². The van der Waals surface area contributed by atoms with Gasteiger partial charge in [0.25, 0.3) is 5.91 Å². The minimum absolute atomic E-state index is 0.00607. The summed E-state index contributed by atoms with van der Waals surface area (Å²) in [6, 6.07) is 11.4. The molecule has 0 saturated heterocycles. The first-order valence-electron chi connectivity index (χ1n) is 9.60. The molecule has 1 atom stereocenters. The molecule has 31 heavy (non-hydrogen) atoms. The zero-order valence-electron chi connectivity index (χ0n) is 16.6. The van der Waals surface area contributed by atoms with Crippen LogP contribution >= 0.6 is 22.9 Å². The first-order chi connectivity index (χ1) is 15.0. The highest BCUT2D eigenvalue weighted by Crippen LogP contribution is 2.42. The van der Waals surface area contributed by atoms with Gasteiger partial charge < -0.3 is 9.15 Å². The Kier molecular flexibility index (Phi) is 4.75. The van der Waals surface area contributed by atoms with Crippen molar-refractivity contribution >= 4 is 44.9 Å². The second-order valence-corrected chi connectivity index (χ2v) is 8.59. The first kappa shape index (κ1) is 19.7. The number of aromatic nitrogens is 2. The quantitative estimate of drug-likeness (QED) is 0.443. The van der Waals surface area contributed by atoms with Gasteiger partial charge in [-0.25, -0.2) is 0 Å². The third-order valence-electron chi connectivity index (χ3n) is 5.06. The number of benzene rings is 2. The monoisotopic (exact) mass is 453 g/mol. The highest BCUT2D eigenvalue weighted by Gasteiger charge is 2.45. The van der Waals surface area contributed by atoms with Gasteiger partial charge in [0.1, 0.15) is 16.3 Å². The molecular weight excluding hydrogens is 438 g/mol. The topological polar surface area (TPSA) is 85.5 Å². The fourth-order valence-corrected chi connectivity index (χ4v) is 4.64. The molecule has 0 fully saturated rings. The number of ether oxygens (including phenoxy) is 1. The van der Waals surface area contributed by atoms with Crippen molar-refractivity contribution in [1.29, 1.82) is 0 Å². The maximum atomic E-state index is 13.5. The molecule has 0 spiro atoms. The third-order valence-corrected chi connectivity index (χ3v) is 6.13. The van der Waals surface area contributed by atoms with Crippen molar-refractivity contribution < 1.29 is 13.9 Å². The summed E-state index contributed by atoms with van der Waals surface area (Å²) in [6.45, 7) is 4.25. The molecule has 3 heterocycles. The highest BCUT2D eigenvalue weighted by atomic mass is 35.5. The predicted molar refractivity (Wildman–Crippen MR) is 118 cm³/mol. The lowest BCUT2D eigenvalue weighted by molar-refractivity contribution is 0.0970. The van der Waals surface area contributed by atoms with Gasteiger partial charge in [0.2, 0.25) is 10.9 Å². The number of fused-ring (bicyclic) bond motifs is 2. The van der Waals surface area contributed by atoms with Crippen LogP contribution in [0.3, 0.4) is 0 Å². The van der Waals surface area contributed by atoms with Crippen LogP contribution in [0.2, 0.25) is 5.02 Å². The number of hydrogen-bond donors (Lipinski definition) is 0. The average molecular weight is 454 g/mol. The van der Waals surface area contributed by atoms with Crippen LogP contribution in [-0.2, 0) is 0 Å². The number of halogens is 1. The molecule has 1 aliphatic heterocycles. The molecule has 0 radical (unpaired) electrons. The third kappa shape index (κ3) is 3.19. The van der Waals surface area contributed by atoms with Crippen molar-refractivity contribution in [3.63, 3.8) is 0 Å². The maximum Gasteiger partial charge on any atom is 0.297 e. The highest BCUT2D eigenvalue weighted by molar-refractivity contribution is 7.15. The van der Waals surface area contributed by atoms with Crippen molar-refractivity contribution in [2.24, 2.45) is 0 Å². The van der Waals surface area contributed by atoms with Crippen LogP contribution in [0.25, 0.3) is 11.0 Å². The minimum atomic E-state index is -0.704. The van der Waals surface area contributed by atoms with E-state index in [1.54, 1.807) is 25.1 Å². The summed E-state index contributed by atoms with van der Waals surface area (Å²) in [5, 5.41) is 10.0. The summed E-state index contributed by atoms with van der Waals surface area (Å²) in [4.78, 5) is 28.4. The number of anilines is 1. The number of rotatable bonds is 4. The Balaban J connectivity index is 1.76. The molecule has 0 saturated carbocycles. The second kappa shape index (κ2) is 7.47. The van der Waals surface area contributed by atoms with Gasteiger partial charge in [-0.05, 0) is 49.7 Å². The van der Waals surface area contributed by atoms with Gasteiger partial charge in [0.05, 0.1) is 23.6 Å². The van der Waals surface area contributed by atoms with Crippen LogP contribution in [0, 0.1) is 6.92 Å². The van der Waals surface area contributed by atoms with E-state index in [2.05, 4.69) is 10.2 Å². The summed E-state index contributed by atoms with van der Waals surface area (Å²) < 4.78 is 11.4. The van der Waals surface area contributed by atoms with E-state index in [0.29, 0.717) is 38.5 Å². The van der Waals surface area contributed by atoms with Crippen molar-refractivity contribution in [2.45, 2.75) is 19.9 Å². The van der Waals surface area contributed by atoms with Gasteiger partial charge in [0.15, 0.2) is 5.43 Å². The van der Waals surface area contributed by atoms with E-state index in [1.165, 1.54) is 16.2 Å². The fourth-order valence-electron chi connectivity index (χ4n) is 3.75. The average Bonchev–Trinajstić information content (AvgIpc) is 3.31. The Morgan fingerprint density at radius 3 is 2.61 bits per heavy atom. The summed E-state index contributed by atoms with van der Waals surface area (Å²) in [7, 11) is 0. The zero-order valence-corrected chi connectivity index (χ0v) is 18.2. The van der Waals surface area contributed by atoms with Gasteiger partial charge in [-0.3, -0.25) is 14.5 Å². The largest absolute Gasteiger partial charge is 0.494 e. The molecule has 0 N–H and O–H groups in total. The smallest absolute Gasteiger partial charge is 0.297 e. The van der Waals surface area contributed by atoms with Crippen molar-refractivity contribution in [3.8, 4) is 5.75 Å². The van der Waals surface area contributed by atoms with E-state index in [0.717, 1.165) is 5.56 Å². The van der Waals surface area contributed by atoms with Crippen molar-refractivity contribution in [3.05, 3.63) is 79.6 Å². The molecule has 7 nitrogen and oxygen atoms in total. The number of aryl methyl sites for hydroxylation is 1. The summed E-state index contributed by atoms with van der Waals surface area (Å²) in [5.41, 5.74) is 1.01. The Morgan fingerprint density at radius 2 is 1.94 bits per heavy atom. The Morgan fingerprint density at radius 1 is 1.16 bits per heavy atom. The number of amides is 1. The molecular formula is C22H16ClN3O4S. The van der Waals surface area contributed by atoms with Gasteiger partial charge in [-0.2, -0.15) is 0 Å². The number of carbonyl (C=O) groups is 1. The Bertz CT molecular complexity index is 1380. The standard InChI is InChI=1S/C22H16ClN3O4S/c1-3-29-14-7-4-12(5-8-14)18-17-19(27)15-10-13(23)6-9-16(15)30-20(17)21(28)26(18)22-25-24-11(2)31-22/h4-10,18H,3H2,1-2H3. The summed E-state index contributed by atoms with van der Waals surface area (Å²) in [5.74, 6) is 0.275. The van der Waals surface area contributed by atoms with E-state index in [1.807, 2.05) is 31.2 Å². The van der Waals surface area contributed by atoms with Gasteiger partial charge in [-0.1, -0.05) is 35.1 Å². The Hall–Kier alpha value is -3.23. The molecule has 0 bridgehead atoms. The molecule has 9 heteroatoms. The first-order valence-corrected chi connectivity index (χ1v) is 10.8. The van der Waals surface area contributed by atoms with Crippen LogP contribution in [0.4, 0.5) is 5.13 Å². The lowest BCUT2D eigenvalue weighted by Gasteiger charge is -2.22. The van der Waals surface area contributed by atoms with Crippen LogP contribution < -0.4 is 15.1 Å². The fraction of sp³-hybridized carbons (Fsp3) is 0.182. The zero-order chi connectivity index (χ0) is 21.7. The van der Waals surface area contributed by atoms with Gasteiger partial charge in [-0.15, -0.1) is 10.2 Å². The van der Waals surface area contributed by atoms with Crippen molar-refractivity contribution in [1.82, 2.24) is 10.2 Å². The van der Waals surface area contributed by atoms with E-state index in [-0.39, 0.29) is 16.8 Å². The van der Waals surface area contributed by atoms with Gasteiger partial charge in [0, 0.05) is 5.02 Å². The molecule has 1 unspecified atom stereocenters. The second-order valence-electron chi connectivity index (χ2n) is 7.00. The van der Waals surface area contributed by atoms with Gasteiger partial charge >= 0.3 is 0 Å². The molecule has 2 aromatic carbocycles. The molecule has 0 aliphatic carbocycles. The Labute approximate surface area is 185 Å².